The summed E-state index contributed by atoms with van der Waals surface area (Å²) in [7, 11) is 10.3. The van der Waals surface area contributed by atoms with E-state index in [0.717, 1.165) is 52.6 Å². The lowest BCUT2D eigenvalue weighted by molar-refractivity contribution is -0.909. The molecule has 0 bridgehead atoms. The number of aromatic nitrogens is 1. The Hall–Kier alpha value is -6.49. The van der Waals surface area contributed by atoms with E-state index in [1.165, 1.54) is 17.1 Å². The van der Waals surface area contributed by atoms with E-state index in [4.69, 9.17) is 48.2 Å². The number of fused-ring (bicyclic) bond motifs is 1. The maximum absolute atomic E-state index is 13.9. The fourth-order valence-electron chi connectivity index (χ4n) is 7.94. The molecule has 23 heteroatoms. The molecule has 0 spiro atoms. The molecule has 4 heterocycles. The number of hydrogen-bond acceptors (Lipinski definition) is 16. The van der Waals surface area contributed by atoms with Gasteiger partial charge in [0.15, 0.2) is 22.3 Å². The normalized spacial score (nSPS) is 19.6. The minimum Gasteiger partial charge on any atom is -0.543 e. The smallest absolute Gasteiger partial charge is 0.413 e. The van der Waals surface area contributed by atoms with Gasteiger partial charge in [-0.1, -0.05) is 41.0 Å². The molecule has 4 amide bonds. The van der Waals surface area contributed by atoms with Crippen molar-refractivity contribution >= 4 is 83.4 Å². The van der Waals surface area contributed by atoms with E-state index in [1.54, 1.807) is 52.0 Å². The van der Waals surface area contributed by atoms with Crippen LogP contribution in [0.25, 0.3) is 0 Å². The molecular weight excluding hydrogens is 989 g/mol. The van der Waals surface area contributed by atoms with E-state index < -0.39 is 29.6 Å². The number of carbonyl (C=O) groups excluding carboxylic acids is 5. The fraction of sp³-hybridized carbons (Fsp3) is 0.408. The van der Waals surface area contributed by atoms with Crippen LogP contribution in [0.1, 0.15) is 67.2 Å². The second-order valence-corrected chi connectivity index (χ2v) is 20.8. The summed E-state index contributed by atoms with van der Waals surface area (Å²) in [4.78, 5) is 76.2. The molecule has 3 aliphatic heterocycles. The molecule has 0 unspecified atom stereocenters. The fourth-order valence-corrected chi connectivity index (χ4v) is 10.1. The van der Waals surface area contributed by atoms with E-state index in [9.17, 15) is 24.0 Å². The van der Waals surface area contributed by atoms with Crippen LogP contribution < -0.4 is 34.9 Å². The Labute approximate surface area is 431 Å². The number of carbonyl (C=O) groups is 5. The molecule has 0 saturated carbocycles. The van der Waals surface area contributed by atoms with Crippen LogP contribution in [0, 0.1) is 0 Å². The minimum absolute atomic E-state index is 0.0536. The third-order valence-corrected chi connectivity index (χ3v) is 14.2. The predicted molar refractivity (Wildman–Crippen MR) is 271 cm³/mol. The van der Waals surface area contributed by atoms with E-state index in [0.29, 0.717) is 41.1 Å². The lowest BCUT2D eigenvalue weighted by Gasteiger charge is -2.48. The van der Waals surface area contributed by atoms with Gasteiger partial charge in [-0.15, -0.1) is 23.1 Å². The van der Waals surface area contributed by atoms with E-state index in [-0.39, 0.29) is 76.6 Å². The minimum atomic E-state index is -0.868. The number of halogens is 1. The zero-order chi connectivity index (χ0) is 51.6. The van der Waals surface area contributed by atoms with Crippen LogP contribution in [-0.4, -0.2) is 134 Å². The van der Waals surface area contributed by atoms with Crippen LogP contribution in [0.2, 0.25) is 5.02 Å². The summed E-state index contributed by atoms with van der Waals surface area (Å²) in [6.45, 7) is 7.56. The van der Waals surface area contributed by atoms with Crippen LogP contribution in [0.5, 0.6) is 23.0 Å². The van der Waals surface area contributed by atoms with Crippen molar-refractivity contribution in [3.63, 3.8) is 0 Å². The molecule has 19 nitrogen and oxygen atoms in total. The Morgan fingerprint density at radius 3 is 2.15 bits per heavy atom. The van der Waals surface area contributed by atoms with Crippen LogP contribution in [0.15, 0.2) is 83.0 Å². The molecule has 7 rings (SSSR count). The van der Waals surface area contributed by atoms with Crippen molar-refractivity contribution < 1.29 is 61.6 Å². The lowest BCUT2D eigenvalue weighted by atomic mass is 10.0. The number of nitrogens with zero attached hydrogens (tertiary/aromatic N) is 4. The first-order chi connectivity index (χ1) is 34.4. The zero-order valence-corrected chi connectivity index (χ0v) is 43.1. The second kappa shape index (κ2) is 23.8. The highest BCUT2D eigenvalue weighted by Crippen LogP contribution is 2.38. The zero-order valence-electron chi connectivity index (χ0n) is 40.7. The van der Waals surface area contributed by atoms with Gasteiger partial charge < -0.3 is 53.2 Å². The number of likely N-dealkylation sites (tertiary alicyclic amines) is 1. The molecule has 4 aromatic rings. The lowest BCUT2D eigenvalue weighted by Crippen LogP contribution is -2.69. The molecule has 3 aromatic carbocycles. The summed E-state index contributed by atoms with van der Waals surface area (Å²) in [6, 6.07) is 17.3. The average Bonchev–Trinajstić information content (AvgIpc) is 3.82. The van der Waals surface area contributed by atoms with Gasteiger partial charge in [-0.2, -0.15) is 0 Å². The third kappa shape index (κ3) is 14.1. The first kappa shape index (κ1) is 53.3. The number of hydrogen-bond donors (Lipinski definition) is 3. The molecule has 2 saturated heterocycles. The van der Waals surface area contributed by atoms with Gasteiger partial charge in [-0.05, 0) is 62.2 Å². The Bertz CT molecular complexity index is 2670. The van der Waals surface area contributed by atoms with Crippen molar-refractivity contribution in [3.8, 4) is 23.0 Å². The van der Waals surface area contributed by atoms with Crippen molar-refractivity contribution in [2.24, 2.45) is 5.16 Å². The SMILES string of the molecule is [B]OC(=O)CCO/N=C(\C(=O)N[C@@H]1C(=O)N2C=C(C[N+]3(C)CCC(NC(=O)c4cc(OCc5ccc(OC)cc5)c(OCc5ccc(OC)cc5)cc4Cl)CC3)CS[C@H]12)c1csc(NC(=O)OC(C)(C)C)n1. The number of thioether (sulfide) groups is 1. The van der Waals surface area contributed by atoms with Gasteiger partial charge in [0.2, 0.25) is 0 Å². The molecule has 3 aliphatic rings. The number of ether oxygens (including phenoxy) is 5. The van der Waals surface area contributed by atoms with Crippen molar-refractivity contribution in [1.82, 2.24) is 20.5 Å². The number of piperidine rings is 1. The molecule has 3 N–H and O–H groups in total. The summed E-state index contributed by atoms with van der Waals surface area (Å²) < 4.78 is 33.2. The standard InChI is InChI=1S/C49H55BClN7O12S2/c1-49(2,3)69-48(63)55-47-53-37(28-72-47)41(56-68-20-17-40(59)70-50)44(61)54-42-45(62)57-23-31(27-71-46(42)57)24-58(4)18-15-32(16-19-58)52-43(60)35-21-38(66-25-29-7-11-33(64-5)12-8-29)39(22-36(35)51)67-26-30-9-13-34(65-6)14-10-30/h7-14,21-23,28,32,42,46H,15-20,24-27H2,1-6H3,(H2-,52,53,54,55,60,61,63)/p+1/b56-41-/t32?,42-,46-,58?/m1/s1. The summed E-state index contributed by atoms with van der Waals surface area (Å²) in [6.07, 6.45) is 2.32. The van der Waals surface area contributed by atoms with Crippen LogP contribution in [-0.2, 0) is 41.8 Å². The van der Waals surface area contributed by atoms with Gasteiger partial charge in [0.05, 0.1) is 51.4 Å². The number of amides is 4. The van der Waals surface area contributed by atoms with Gasteiger partial charge in [0.25, 0.3) is 23.7 Å². The number of methoxy groups -OCH3 is 2. The monoisotopic (exact) mass is 1040 g/mol. The molecule has 0 aliphatic carbocycles. The third-order valence-electron chi connectivity index (χ3n) is 11.7. The highest BCUT2D eigenvalue weighted by atomic mass is 35.5. The molecule has 2 radical (unpaired) electrons. The molecule has 2 fully saturated rings. The number of quaternary nitrogens is 1. The molecular formula is C49H56BClN7O12S2+. The summed E-state index contributed by atoms with van der Waals surface area (Å²) >= 11 is 9.34. The van der Waals surface area contributed by atoms with Crippen molar-refractivity contribution in [1.29, 1.82) is 0 Å². The Morgan fingerprint density at radius 2 is 1.56 bits per heavy atom. The van der Waals surface area contributed by atoms with Gasteiger partial charge >= 0.3 is 14.1 Å². The summed E-state index contributed by atoms with van der Waals surface area (Å²) in [5.74, 6) is 0.715. The highest BCUT2D eigenvalue weighted by Gasteiger charge is 2.50. The number of nitrogens with one attached hydrogen (secondary N) is 3. The van der Waals surface area contributed by atoms with E-state index in [1.807, 2.05) is 54.7 Å². The van der Waals surface area contributed by atoms with Crippen LogP contribution >= 0.6 is 34.7 Å². The van der Waals surface area contributed by atoms with Gasteiger partial charge in [-0.25, -0.2) is 9.78 Å². The van der Waals surface area contributed by atoms with Gasteiger partial charge in [-0.3, -0.25) is 24.5 Å². The van der Waals surface area contributed by atoms with E-state index in [2.05, 4.69) is 37.8 Å². The maximum atomic E-state index is 13.9. The molecule has 72 heavy (non-hydrogen) atoms. The number of benzene rings is 3. The molecule has 380 valence electrons. The first-order valence-corrected chi connectivity index (χ1v) is 25.2. The van der Waals surface area contributed by atoms with Gasteiger partial charge in [0, 0.05) is 47.9 Å². The maximum Gasteiger partial charge on any atom is 0.413 e. The summed E-state index contributed by atoms with van der Waals surface area (Å²) in [5.41, 5.74) is 2.15. The highest BCUT2D eigenvalue weighted by molar-refractivity contribution is 8.00. The van der Waals surface area contributed by atoms with Crippen molar-refractivity contribution in [3.05, 3.63) is 105 Å². The Kier molecular flexibility index (Phi) is 17.6. The van der Waals surface area contributed by atoms with Crippen molar-refractivity contribution in [2.75, 3.05) is 58.6 Å². The Balaban J connectivity index is 0.939. The Morgan fingerprint density at radius 1 is 0.931 bits per heavy atom. The predicted octanol–water partition coefficient (Wildman–Crippen LogP) is 6.38. The number of rotatable bonds is 20. The second-order valence-electron chi connectivity index (χ2n) is 18.4. The van der Waals surface area contributed by atoms with Gasteiger partial charge in [0.1, 0.15) is 60.6 Å². The van der Waals surface area contributed by atoms with Crippen LogP contribution in [0.3, 0.4) is 0 Å². The largest absolute Gasteiger partial charge is 0.543 e. The molecule has 1 aromatic heterocycles. The van der Waals surface area contributed by atoms with Crippen molar-refractivity contribution in [2.45, 2.75) is 76.3 Å². The quantitative estimate of drug-likeness (QED) is 0.0219. The number of oxime groups is 1. The average molecular weight is 1050 g/mol. The topological polar surface area (TPSA) is 215 Å². The number of thiazole rings is 1. The van der Waals surface area contributed by atoms with E-state index >= 15 is 0 Å². The number of anilines is 1. The summed E-state index contributed by atoms with van der Waals surface area (Å²) in [5, 5.41) is 13.9. The number of β-lactam (4-membered cyclic amide) rings is 1. The van der Waals surface area contributed by atoms with Crippen LogP contribution in [0.4, 0.5) is 9.93 Å². The first-order valence-electron chi connectivity index (χ1n) is 22.9. The molecule has 2 atom stereocenters. The number of likely N-dealkylation sites (N-methyl/N-ethyl adjacent to an activating group) is 1.